The smallest absolute Gasteiger partial charge is 0.410 e. The van der Waals surface area contributed by atoms with E-state index in [9.17, 15) is 14.4 Å². The van der Waals surface area contributed by atoms with Crippen molar-refractivity contribution in [2.75, 3.05) is 20.1 Å². The Bertz CT molecular complexity index is 1050. The number of piperidine rings is 1. The Balaban J connectivity index is 1.42. The molecular formula is C26H31N3O4. The van der Waals surface area contributed by atoms with Crippen LogP contribution in [0.5, 0.6) is 0 Å². The summed E-state index contributed by atoms with van der Waals surface area (Å²) in [5, 5.41) is 2.59. The van der Waals surface area contributed by atoms with Gasteiger partial charge in [-0.05, 0) is 56.2 Å². The van der Waals surface area contributed by atoms with E-state index < -0.39 is 5.60 Å². The van der Waals surface area contributed by atoms with Crippen LogP contribution in [-0.2, 0) is 11.2 Å². The fraction of sp³-hybridized carbons (Fsp3) is 0.462. The molecule has 1 aliphatic carbocycles. The van der Waals surface area contributed by atoms with Gasteiger partial charge in [-0.2, -0.15) is 0 Å². The van der Waals surface area contributed by atoms with Crippen LogP contribution in [0.25, 0.3) is 0 Å². The highest BCUT2D eigenvalue weighted by Crippen LogP contribution is 2.54. The number of ketones is 1. The number of aromatic nitrogens is 1. The summed E-state index contributed by atoms with van der Waals surface area (Å²) in [6.07, 6.45) is 0.681. The number of likely N-dealkylation sites (tertiary alicyclic amines) is 1. The summed E-state index contributed by atoms with van der Waals surface area (Å²) in [6, 6.07) is 13.2. The lowest BCUT2D eigenvalue weighted by atomic mass is 10.0. The maximum atomic E-state index is 13.1. The number of rotatable bonds is 6. The molecule has 2 amide bonds. The number of carbonyl (C=O) groups excluding carboxylic acids is 3. The Hall–Kier alpha value is -3.22. The first-order valence-electron chi connectivity index (χ1n) is 11.4. The lowest BCUT2D eigenvalue weighted by molar-refractivity contribution is 0.0265. The molecule has 1 aliphatic heterocycles. The van der Waals surface area contributed by atoms with Gasteiger partial charge in [-0.15, -0.1) is 0 Å². The average molecular weight is 450 g/mol. The minimum Gasteiger partial charge on any atom is -0.444 e. The molecule has 1 unspecified atom stereocenters. The van der Waals surface area contributed by atoms with Crippen molar-refractivity contribution in [2.24, 2.45) is 17.8 Å². The number of nitrogens with zero attached hydrogens (tertiary/aromatic N) is 2. The van der Waals surface area contributed by atoms with Crippen LogP contribution in [0.2, 0.25) is 0 Å². The molecule has 1 aromatic heterocycles. The van der Waals surface area contributed by atoms with Crippen LogP contribution in [0.1, 0.15) is 59.3 Å². The second-order valence-electron chi connectivity index (χ2n) is 9.98. The van der Waals surface area contributed by atoms with Crippen molar-refractivity contribution in [2.45, 2.75) is 39.2 Å². The molecule has 1 aromatic carbocycles. The van der Waals surface area contributed by atoms with Crippen molar-refractivity contribution in [3.63, 3.8) is 0 Å². The predicted octanol–water partition coefficient (Wildman–Crippen LogP) is 3.72. The van der Waals surface area contributed by atoms with Crippen LogP contribution < -0.4 is 5.32 Å². The number of fused-ring (bicyclic) bond motifs is 1. The highest BCUT2D eigenvalue weighted by Gasteiger charge is 2.57. The second-order valence-corrected chi connectivity index (χ2v) is 9.98. The molecule has 0 bridgehead atoms. The van der Waals surface area contributed by atoms with Gasteiger partial charge in [-0.3, -0.25) is 9.59 Å². The number of hydrogen-bond donors (Lipinski definition) is 1. The number of hydrogen-bond acceptors (Lipinski definition) is 5. The highest BCUT2D eigenvalue weighted by molar-refractivity contribution is 6.00. The quantitative estimate of drug-likeness (QED) is 0.679. The normalized spacial score (nSPS) is 21.3. The minimum absolute atomic E-state index is 0.0140. The van der Waals surface area contributed by atoms with Gasteiger partial charge in [-0.1, -0.05) is 30.3 Å². The first-order valence-corrected chi connectivity index (χ1v) is 11.4. The average Bonchev–Trinajstić information content (AvgIpc) is 3.19. The van der Waals surface area contributed by atoms with E-state index in [1.54, 1.807) is 24.1 Å². The van der Waals surface area contributed by atoms with Gasteiger partial charge in [0.15, 0.2) is 5.78 Å². The van der Waals surface area contributed by atoms with Crippen LogP contribution in [0.15, 0.2) is 42.5 Å². The molecule has 1 saturated heterocycles. The van der Waals surface area contributed by atoms with Crippen LogP contribution in [0.4, 0.5) is 4.79 Å². The van der Waals surface area contributed by atoms with Crippen LogP contribution in [0, 0.1) is 17.8 Å². The molecule has 1 N–H and O–H groups in total. The Kier molecular flexibility index (Phi) is 6.23. The topological polar surface area (TPSA) is 88.6 Å². The predicted molar refractivity (Wildman–Crippen MR) is 124 cm³/mol. The molecule has 2 fully saturated rings. The van der Waals surface area contributed by atoms with Crippen molar-refractivity contribution >= 4 is 17.8 Å². The SMILES string of the molecule is CNC(=O)c1cc(C(=O)CC2[C@H]3CN(C(=O)OC(C)(C)C)C[C@@H]23)cc(Cc2ccccc2)n1. The van der Waals surface area contributed by atoms with E-state index in [4.69, 9.17) is 4.74 Å². The number of Topliss-reactive ketones (excluding diaryl/α,β-unsaturated/α-hetero) is 1. The summed E-state index contributed by atoms with van der Waals surface area (Å²) in [5.41, 5.74) is 2.01. The Labute approximate surface area is 194 Å². The standard InChI is InChI=1S/C26H31N3O4/c1-26(2,3)33-25(32)29-14-20-19(21(20)15-29)13-23(30)17-11-18(10-16-8-6-5-7-9-16)28-22(12-17)24(31)27-4/h5-9,11-12,19-21H,10,13-15H2,1-4H3,(H,27,31)/t19?,20-,21+. The van der Waals surface area contributed by atoms with Crippen molar-refractivity contribution in [3.05, 3.63) is 65.0 Å². The zero-order valence-corrected chi connectivity index (χ0v) is 19.6. The molecule has 7 nitrogen and oxygen atoms in total. The molecule has 33 heavy (non-hydrogen) atoms. The van der Waals surface area contributed by atoms with Gasteiger partial charge in [0.05, 0.1) is 0 Å². The lowest BCUT2D eigenvalue weighted by Gasteiger charge is -2.25. The second kappa shape index (κ2) is 8.96. The van der Waals surface area contributed by atoms with Gasteiger partial charge in [0.25, 0.3) is 5.91 Å². The molecule has 0 spiro atoms. The molecular weight excluding hydrogens is 418 g/mol. The summed E-state index contributed by atoms with van der Waals surface area (Å²) in [4.78, 5) is 43.9. The van der Waals surface area contributed by atoms with Gasteiger partial charge in [0.1, 0.15) is 11.3 Å². The lowest BCUT2D eigenvalue weighted by Crippen LogP contribution is -2.37. The zero-order valence-electron chi connectivity index (χ0n) is 19.6. The van der Waals surface area contributed by atoms with Gasteiger partial charge < -0.3 is 15.0 Å². The molecule has 2 heterocycles. The fourth-order valence-electron chi connectivity index (χ4n) is 4.65. The molecule has 0 radical (unpaired) electrons. The summed E-state index contributed by atoms with van der Waals surface area (Å²) >= 11 is 0. The van der Waals surface area contributed by atoms with E-state index in [0.717, 1.165) is 5.56 Å². The number of nitrogens with one attached hydrogen (secondary N) is 1. The van der Waals surface area contributed by atoms with Crippen LogP contribution in [-0.4, -0.2) is 53.4 Å². The van der Waals surface area contributed by atoms with Crippen molar-refractivity contribution < 1.29 is 19.1 Å². The van der Waals surface area contributed by atoms with E-state index in [1.165, 1.54) is 0 Å². The van der Waals surface area contributed by atoms with Gasteiger partial charge >= 0.3 is 6.09 Å². The largest absolute Gasteiger partial charge is 0.444 e. The number of benzene rings is 1. The third-order valence-electron chi connectivity index (χ3n) is 6.33. The molecule has 2 aromatic rings. The zero-order chi connectivity index (χ0) is 23.8. The first kappa shape index (κ1) is 23.0. The Morgan fingerprint density at radius 1 is 1.09 bits per heavy atom. The molecule has 3 atom stereocenters. The third-order valence-corrected chi connectivity index (χ3v) is 6.33. The number of pyridine rings is 1. The fourth-order valence-corrected chi connectivity index (χ4v) is 4.65. The maximum absolute atomic E-state index is 13.1. The van der Waals surface area contributed by atoms with E-state index in [0.29, 0.717) is 49.0 Å². The van der Waals surface area contributed by atoms with Crippen LogP contribution in [0.3, 0.4) is 0 Å². The summed E-state index contributed by atoms with van der Waals surface area (Å²) in [5.74, 6) is 0.650. The van der Waals surface area contributed by atoms with Crippen molar-refractivity contribution in [3.8, 4) is 0 Å². The molecule has 174 valence electrons. The van der Waals surface area contributed by atoms with E-state index in [2.05, 4.69) is 10.3 Å². The molecule has 7 heteroatoms. The van der Waals surface area contributed by atoms with Crippen molar-refractivity contribution in [1.82, 2.24) is 15.2 Å². The van der Waals surface area contributed by atoms with Gasteiger partial charge in [-0.25, -0.2) is 9.78 Å². The molecule has 4 rings (SSSR count). The Morgan fingerprint density at radius 2 is 1.76 bits per heavy atom. The van der Waals surface area contributed by atoms with Gasteiger partial charge in [0.2, 0.25) is 0 Å². The molecule has 1 saturated carbocycles. The number of ether oxygens (including phenoxy) is 1. The Morgan fingerprint density at radius 3 is 2.36 bits per heavy atom. The third kappa shape index (κ3) is 5.41. The van der Waals surface area contributed by atoms with Crippen molar-refractivity contribution in [1.29, 1.82) is 0 Å². The summed E-state index contributed by atoms with van der Waals surface area (Å²) in [7, 11) is 1.55. The van der Waals surface area contributed by atoms with E-state index in [-0.39, 0.29) is 29.4 Å². The van der Waals surface area contributed by atoms with Gasteiger partial charge in [0, 0.05) is 44.2 Å². The molecule has 2 aliphatic rings. The minimum atomic E-state index is -0.513. The number of carbonyl (C=O) groups is 3. The van der Waals surface area contributed by atoms with E-state index in [1.807, 2.05) is 51.1 Å². The monoisotopic (exact) mass is 449 g/mol. The number of amides is 2. The first-order chi connectivity index (χ1) is 15.6. The maximum Gasteiger partial charge on any atom is 0.410 e. The highest BCUT2D eigenvalue weighted by atomic mass is 16.6. The summed E-state index contributed by atoms with van der Waals surface area (Å²) < 4.78 is 5.46. The summed E-state index contributed by atoms with van der Waals surface area (Å²) in [6.45, 7) is 6.85. The van der Waals surface area contributed by atoms with Crippen LogP contribution >= 0.6 is 0 Å². The van der Waals surface area contributed by atoms with E-state index >= 15 is 0 Å².